The Balaban J connectivity index is 1.92. The number of aryl methyl sites for hydroxylation is 2. The first kappa shape index (κ1) is 25.3. The van der Waals surface area contributed by atoms with Gasteiger partial charge >= 0.3 is 6.09 Å². The summed E-state index contributed by atoms with van der Waals surface area (Å²) in [6.45, 7) is 10.9. The molecular formula is C27H35N3O4. The number of nitrogens with one attached hydrogen (secondary N) is 2. The molecule has 0 saturated heterocycles. The van der Waals surface area contributed by atoms with Crippen LogP contribution in [0.4, 0.5) is 10.5 Å². The van der Waals surface area contributed by atoms with Crippen LogP contribution in [0.15, 0.2) is 42.5 Å². The first-order valence-electron chi connectivity index (χ1n) is 11.7. The highest BCUT2D eigenvalue weighted by Crippen LogP contribution is 2.37. The molecule has 2 aromatic carbocycles. The number of benzene rings is 2. The highest BCUT2D eigenvalue weighted by Gasteiger charge is 2.42. The van der Waals surface area contributed by atoms with E-state index in [1.54, 1.807) is 25.7 Å². The van der Waals surface area contributed by atoms with E-state index in [1.807, 2.05) is 63.2 Å². The Morgan fingerprint density at radius 2 is 1.65 bits per heavy atom. The number of amides is 3. The van der Waals surface area contributed by atoms with Crippen LogP contribution in [0.2, 0.25) is 0 Å². The summed E-state index contributed by atoms with van der Waals surface area (Å²) in [6.07, 6.45) is 0.971. The molecule has 0 heterocycles. The van der Waals surface area contributed by atoms with Gasteiger partial charge in [0.15, 0.2) is 0 Å². The fourth-order valence-electron chi connectivity index (χ4n) is 3.87. The Hall–Kier alpha value is -3.35. The lowest BCUT2D eigenvalue weighted by molar-refractivity contribution is -0.139. The smallest absolute Gasteiger partial charge is 0.408 e. The second-order valence-corrected chi connectivity index (χ2v) is 9.88. The van der Waals surface area contributed by atoms with Crippen LogP contribution in [-0.4, -0.2) is 41.0 Å². The van der Waals surface area contributed by atoms with Gasteiger partial charge in [-0.05, 0) is 82.7 Å². The van der Waals surface area contributed by atoms with Crippen molar-refractivity contribution in [3.63, 3.8) is 0 Å². The minimum Gasteiger partial charge on any atom is -0.444 e. The first-order chi connectivity index (χ1) is 16.0. The predicted octanol–water partition coefficient (Wildman–Crippen LogP) is 4.81. The number of hydrogen-bond acceptors (Lipinski definition) is 4. The van der Waals surface area contributed by atoms with Gasteiger partial charge < -0.3 is 20.3 Å². The summed E-state index contributed by atoms with van der Waals surface area (Å²) < 4.78 is 5.26. The zero-order valence-electron chi connectivity index (χ0n) is 20.9. The average Bonchev–Trinajstić information content (AvgIpc) is 3.58. The number of alkyl carbamates (subject to hydrolysis) is 1. The van der Waals surface area contributed by atoms with Gasteiger partial charge in [0.2, 0.25) is 5.91 Å². The lowest BCUT2D eigenvalue weighted by atomic mass is 9.95. The van der Waals surface area contributed by atoms with Crippen LogP contribution < -0.4 is 10.6 Å². The summed E-state index contributed by atoms with van der Waals surface area (Å²) >= 11 is 0. The molecule has 2 aromatic rings. The van der Waals surface area contributed by atoms with E-state index in [9.17, 15) is 14.4 Å². The van der Waals surface area contributed by atoms with Crippen LogP contribution in [0.1, 0.15) is 61.9 Å². The molecule has 1 unspecified atom stereocenters. The molecule has 1 fully saturated rings. The van der Waals surface area contributed by atoms with Crippen molar-refractivity contribution in [2.45, 2.75) is 72.1 Å². The summed E-state index contributed by atoms with van der Waals surface area (Å²) in [4.78, 5) is 40.9. The largest absolute Gasteiger partial charge is 0.444 e. The molecule has 3 rings (SSSR count). The molecule has 7 heteroatoms. The van der Waals surface area contributed by atoms with E-state index < -0.39 is 17.7 Å². The van der Waals surface area contributed by atoms with Crippen molar-refractivity contribution >= 4 is 23.6 Å². The molecule has 0 aliphatic heterocycles. The predicted molar refractivity (Wildman–Crippen MR) is 133 cm³/mol. The second kappa shape index (κ2) is 10.3. The van der Waals surface area contributed by atoms with Gasteiger partial charge in [-0.15, -0.1) is 0 Å². The van der Waals surface area contributed by atoms with Crippen molar-refractivity contribution in [3.8, 4) is 0 Å². The first-order valence-corrected chi connectivity index (χ1v) is 11.7. The summed E-state index contributed by atoms with van der Waals surface area (Å²) in [6, 6.07) is 12.5. The number of rotatable bonds is 7. The second-order valence-electron chi connectivity index (χ2n) is 9.88. The Morgan fingerprint density at radius 1 is 1.00 bits per heavy atom. The summed E-state index contributed by atoms with van der Waals surface area (Å²) in [5.41, 5.74) is 3.76. The van der Waals surface area contributed by atoms with Gasteiger partial charge in [-0.1, -0.05) is 36.4 Å². The summed E-state index contributed by atoms with van der Waals surface area (Å²) in [5.74, 6) is -0.597. The van der Waals surface area contributed by atoms with Gasteiger partial charge in [0.25, 0.3) is 5.91 Å². The fourth-order valence-corrected chi connectivity index (χ4v) is 3.87. The molecule has 1 aliphatic rings. The van der Waals surface area contributed by atoms with Gasteiger partial charge in [0.1, 0.15) is 18.2 Å². The molecule has 0 radical (unpaired) electrons. The third-order valence-electron chi connectivity index (χ3n) is 5.88. The zero-order chi connectivity index (χ0) is 25.0. The molecule has 182 valence electrons. The van der Waals surface area contributed by atoms with Gasteiger partial charge in [0, 0.05) is 11.7 Å². The Bertz CT molecular complexity index is 1070. The molecule has 2 N–H and O–H groups in total. The van der Waals surface area contributed by atoms with Crippen molar-refractivity contribution in [1.82, 2.24) is 10.2 Å². The van der Waals surface area contributed by atoms with Crippen molar-refractivity contribution < 1.29 is 19.1 Å². The molecule has 0 aromatic heterocycles. The SMILES string of the molecule is Cc1ccccc1NC(=O)C(c1cccc(C)c1C)N(C(=O)CNC(=O)OC(C)(C)C)C1CC1. The molecule has 1 saturated carbocycles. The highest BCUT2D eigenvalue weighted by molar-refractivity contribution is 5.99. The molecule has 0 bridgehead atoms. The molecule has 0 spiro atoms. The molecule has 1 aliphatic carbocycles. The molecule has 1 atom stereocenters. The van der Waals surface area contributed by atoms with Crippen LogP contribution in [0.5, 0.6) is 0 Å². The monoisotopic (exact) mass is 465 g/mol. The lowest BCUT2D eigenvalue weighted by Gasteiger charge is -2.33. The Morgan fingerprint density at radius 3 is 2.26 bits per heavy atom. The molecule has 7 nitrogen and oxygen atoms in total. The third kappa shape index (κ3) is 6.37. The quantitative estimate of drug-likeness (QED) is 0.614. The molecular weight excluding hydrogens is 430 g/mol. The highest BCUT2D eigenvalue weighted by atomic mass is 16.6. The fraction of sp³-hybridized carbons (Fsp3) is 0.444. The average molecular weight is 466 g/mol. The van der Waals surface area contributed by atoms with E-state index in [2.05, 4.69) is 10.6 Å². The van der Waals surface area contributed by atoms with Gasteiger partial charge in [-0.25, -0.2) is 4.79 Å². The van der Waals surface area contributed by atoms with Crippen LogP contribution in [0.25, 0.3) is 0 Å². The van der Waals surface area contributed by atoms with E-state index in [0.717, 1.165) is 35.1 Å². The number of anilines is 1. The third-order valence-corrected chi connectivity index (χ3v) is 5.88. The topological polar surface area (TPSA) is 87.7 Å². The maximum atomic E-state index is 13.7. The van der Waals surface area contributed by atoms with Crippen molar-refractivity contribution in [2.75, 3.05) is 11.9 Å². The van der Waals surface area contributed by atoms with E-state index >= 15 is 0 Å². The number of nitrogens with zero attached hydrogens (tertiary/aromatic N) is 1. The van der Waals surface area contributed by atoms with E-state index in [-0.39, 0.29) is 24.4 Å². The minimum absolute atomic E-state index is 0.0551. The zero-order valence-corrected chi connectivity index (χ0v) is 20.9. The van der Waals surface area contributed by atoms with Crippen LogP contribution >= 0.6 is 0 Å². The van der Waals surface area contributed by atoms with Crippen LogP contribution in [-0.2, 0) is 14.3 Å². The number of ether oxygens (including phenoxy) is 1. The van der Waals surface area contributed by atoms with Gasteiger partial charge in [0.05, 0.1) is 0 Å². The van der Waals surface area contributed by atoms with Gasteiger partial charge in [-0.2, -0.15) is 0 Å². The number of carbonyl (C=O) groups excluding carboxylic acids is 3. The van der Waals surface area contributed by atoms with Crippen LogP contribution in [0.3, 0.4) is 0 Å². The number of carbonyl (C=O) groups is 3. The Labute approximate surface area is 201 Å². The molecule has 3 amide bonds. The van der Waals surface area contributed by atoms with Gasteiger partial charge in [-0.3, -0.25) is 9.59 Å². The lowest BCUT2D eigenvalue weighted by Crippen LogP contribution is -2.47. The standard InChI is InChI=1S/C27H35N3O4/c1-17-11-9-12-21(19(17)3)24(25(32)29-22-13-8-7-10-18(22)2)30(20-14-15-20)23(31)16-28-26(33)34-27(4,5)6/h7-13,20,24H,14-16H2,1-6H3,(H,28,33)(H,29,32). The number of hydrogen-bond donors (Lipinski definition) is 2. The van der Waals surface area contributed by atoms with Crippen molar-refractivity contribution in [2.24, 2.45) is 0 Å². The van der Waals surface area contributed by atoms with Crippen molar-refractivity contribution in [1.29, 1.82) is 0 Å². The normalized spacial score (nSPS) is 14.2. The molecule has 34 heavy (non-hydrogen) atoms. The maximum Gasteiger partial charge on any atom is 0.408 e. The van der Waals surface area contributed by atoms with Crippen LogP contribution in [0, 0.1) is 20.8 Å². The maximum absolute atomic E-state index is 13.7. The summed E-state index contributed by atoms with van der Waals surface area (Å²) in [5, 5.41) is 5.57. The Kier molecular flexibility index (Phi) is 7.64. The van der Waals surface area contributed by atoms with E-state index in [0.29, 0.717) is 5.69 Å². The minimum atomic E-state index is -0.819. The van der Waals surface area contributed by atoms with Crippen molar-refractivity contribution in [3.05, 3.63) is 64.7 Å². The summed E-state index contributed by atoms with van der Waals surface area (Å²) in [7, 11) is 0. The van der Waals surface area contributed by atoms with E-state index in [4.69, 9.17) is 4.74 Å². The van der Waals surface area contributed by atoms with E-state index in [1.165, 1.54) is 0 Å². The number of para-hydroxylation sites is 1.